The first-order chi connectivity index (χ1) is 8.11. The molecule has 5 heteroatoms. The van der Waals surface area contributed by atoms with Crippen LogP contribution in [-0.2, 0) is 0 Å². The van der Waals surface area contributed by atoms with Crippen molar-refractivity contribution in [3.8, 4) is 17.2 Å². The highest BCUT2D eigenvalue weighted by Crippen LogP contribution is 2.26. The zero-order valence-corrected chi connectivity index (χ0v) is 9.97. The van der Waals surface area contributed by atoms with Crippen molar-refractivity contribution >= 4 is 0 Å². The van der Waals surface area contributed by atoms with Crippen LogP contribution in [-0.4, -0.2) is 22.4 Å². The summed E-state index contributed by atoms with van der Waals surface area (Å²) in [6.07, 6.45) is -0.754. The van der Waals surface area contributed by atoms with E-state index in [-0.39, 0.29) is 5.89 Å². The number of rotatable bonds is 3. The van der Waals surface area contributed by atoms with Crippen LogP contribution in [0, 0.1) is 6.92 Å². The maximum Gasteiger partial charge on any atom is 0.247 e. The summed E-state index contributed by atoms with van der Waals surface area (Å²) in [5.74, 6) is 1.42. The molecule has 0 bridgehead atoms. The van der Waals surface area contributed by atoms with E-state index < -0.39 is 6.10 Å². The van der Waals surface area contributed by atoms with E-state index in [0.29, 0.717) is 5.89 Å². The third kappa shape index (κ3) is 2.29. The van der Waals surface area contributed by atoms with Gasteiger partial charge in [0.25, 0.3) is 0 Å². The van der Waals surface area contributed by atoms with Gasteiger partial charge in [0.1, 0.15) is 11.9 Å². The maximum absolute atomic E-state index is 9.30. The molecule has 0 radical (unpaired) electrons. The first kappa shape index (κ1) is 11.6. The first-order valence-electron chi connectivity index (χ1n) is 5.28. The number of aliphatic hydroxyl groups excluding tert-OH is 1. The highest BCUT2D eigenvalue weighted by Gasteiger charge is 2.13. The number of aliphatic hydroxyl groups is 1. The molecule has 1 atom stereocenters. The molecule has 0 spiro atoms. The minimum atomic E-state index is -0.754. The minimum absolute atomic E-state index is 0.216. The van der Waals surface area contributed by atoms with Crippen molar-refractivity contribution in [1.29, 1.82) is 0 Å². The largest absolute Gasteiger partial charge is 0.496 e. The third-order valence-electron chi connectivity index (χ3n) is 2.44. The van der Waals surface area contributed by atoms with E-state index in [1.165, 1.54) is 0 Å². The average molecular weight is 234 g/mol. The molecule has 90 valence electrons. The molecule has 1 heterocycles. The second-order valence-corrected chi connectivity index (χ2v) is 3.81. The van der Waals surface area contributed by atoms with Crippen LogP contribution in [0.3, 0.4) is 0 Å². The highest BCUT2D eigenvalue weighted by molar-refractivity contribution is 5.56. The summed E-state index contributed by atoms with van der Waals surface area (Å²) in [7, 11) is 1.63. The molecule has 0 fully saturated rings. The van der Waals surface area contributed by atoms with Crippen LogP contribution in [0.15, 0.2) is 22.6 Å². The number of ether oxygens (including phenoxy) is 1. The quantitative estimate of drug-likeness (QED) is 0.880. The van der Waals surface area contributed by atoms with Crippen LogP contribution >= 0.6 is 0 Å². The van der Waals surface area contributed by atoms with Crippen molar-refractivity contribution in [2.24, 2.45) is 0 Å². The second-order valence-electron chi connectivity index (χ2n) is 3.81. The van der Waals surface area contributed by atoms with E-state index in [1.807, 2.05) is 25.1 Å². The zero-order valence-electron chi connectivity index (χ0n) is 9.97. The molecule has 1 unspecified atom stereocenters. The van der Waals surface area contributed by atoms with E-state index in [1.54, 1.807) is 14.0 Å². The second kappa shape index (κ2) is 4.55. The summed E-state index contributed by atoms with van der Waals surface area (Å²) in [5.41, 5.74) is 1.80. The fourth-order valence-corrected chi connectivity index (χ4v) is 1.53. The molecule has 0 saturated carbocycles. The van der Waals surface area contributed by atoms with E-state index in [4.69, 9.17) is 9.15 Å². The maximum atomic E-state index is 9.30. The summed E-state index contributed by atoms with van der Waals surface area (Å²) in [5, 5.41) is 17.0. The SMILES string of the molecule is COc1ccc(-c2nnc(C(C)O)o2)cc1C. The molecule has 0 aliphatic rings. The third-order valence-corrected chi connectivity index (χ3v) is 2.44. The van der Waals surface area contributed by atoms with Crippen LogP contribution in [0.1, 0.15) is 24.5 Å². The standard InChI is InChI=1S/C12H14N2O3/c1-7-6-9(4-5-10(7)16-3)12-14-13-11(17-12)8(2)15/h4-6,8,15H,1-3H3. The van der Waals surface area contributed by atoms with Crippen molar-refractivity contribution in [2.75, 3.05) is 7.11 Å². The summed E-state index contributed by atoms with van der Waals surface area (Å²) in [6, 6.07) is 5.58. The van der Waals surface area contributed by atoms with E-state index in [0.717, 1.165) is 16.9 Å². The average Bonchev–Trinajstić information content (AvgIpc) is 2.78. The van der Waals surface area contributed by atoms with Gasteiger partial charge >= 0.3 is 0 Å². The Bertz CT molecular complexity index is 520. The molecule has 0 amide bonds. The fraction of sp³-hybridized carbons (Fsp3) is 0.333. The Morgan fingerprint density at radius 2 is 2.12 bits per heavy atom. The Morgan fingerprint density at radius 3 is 2.65 bits per heavy atom. The molecule has 2 rings (SSSR count). The lowest BCUT2D eigenvalue weighted by molar-refractivity contribution is 0.163. The summed E-state index contributed by atoms with van der Waals surface area (Å²) in [6.45, 7) is 3.52. The van der Waals surface area contributed by atoms with Gasteiger partial charge in [-0.2, -0.15) is 0 Å². The number of aromatic nitrogens is 2. The molecule has 0 aliphatic heterocycles. The molecule has 5 nitrogen and oxygen atoms in total. The Hall–Kier alpha value is -1.88. The van der Waals surface area contributed by atoms with Crippen LogP contribution in [0.2, 0.25) is 0 Å². The van der Waals surface area contributed by atoms with Crippen LogP contribution < -0.4 is 4.74 Å². The molecule has 1 aromatic carbocycles. The summed E-state index contributed by atoms with van der Waals surface area (Å²) in [4.78, 5) is 0. The highest BCUT2D eigenvalue weighted by atomic mass is 16.5. The molecule has 1 aromatic heterocycles. The molecule has 2 aromatic rings. The van der Waals surface area contributed by atoms with Gasteiger partial charge in [0.15, 0.2) is 0 Å². The van der Waals surface area contributed by atoms with Gasteiger partial charge in [0, 0.05) is 5.56 Å². The number of methoxy groups -OCH3 is 1. The van der Waals surface area contributed by atoms with Crippen LogP contribution in [0.4, 0.5) is 0 Å². The lowest BCUT2D eigenvalue weighted by Crippen LogP contribution is -1.89. The molecular formula is C12H14N2O3. The van der Waals surface area contributed by atoms with Gasteiger partial charge in [-0.3, -0.25) is 0 Å². The van der Waals surface area contributed by atoms with Gasteiger partial charge in [0.05, 0.1) is 7.11 Å². The van der Waals surface area contributed by atoms with Crippen molar-refractivity contribution in [2.45, 2.75) is 20.0 Å². The molecule has 17 heavy (non-hydrogen) atoms. The van der Waals surface area contributed by atoms with E-state index in [2.05, 4.69) is 10.2 Å². The number of benzene rings is 1. The Balaban J connectivity index is 2.36. The van der Waals surface area contributed by atoms with Crippen LogP contribution in [0.5, 0.6) is 5.75 Å². The molecule has 1 N–H and O–H groups in total. The number of aryl methyl sites for hydroxylation is 1. The first-order valence-corrected chi connectivity index (χ1v) is 5.28. The molecule has 0 aliphatic carbocycles. The van der Waals surface area contributed by atoms with Crippen LogP contribution in [0.25, 0.3) is 11.5 Å². The van der Waals surface area contributed by atoms with Gasteiger partial charge < -0.3 is 14.3 Å². The smallest absolute Gasteiger partial charge is 0.247 e. The lowest BCUT2D eigenvalue weighted by atomic mass is 10.1. The number of hydrogen-bond acceptors (Lipinski definition) is 5. The van der Waals surface area contributed by atoms with E-state index >= 15 is 0 Å². The summed E-state index contributed by atoms with van der Waals surface area (Å²) >= 11 is 0. The van der Waals surface area contributed by atoms with Gasteiger partial charge in [-0.1, -0.05) is 0 Å². The number of nitrogens with zero attached hydrogens (tertiary/aromatic N) is 2. The predicted molar refractivity (Wildman–Crippen MR) is 61.7 cm³/mol. The minimum Gasteiger partial charge on any atom is -0.496 e. The van der Waals surface area contributed by atoms with Gasteiger partial charge in [0.2, 0.25) is 11.8 Å². The molecule has 0 saturated heterocycles. The van der Waals surface area contributed by atoms with Crippen molar-refractivity contribution < 1.29 is 14.3 Å². The number of hydrogen-bond donors (Lipinski definition) is 1. The lowest BCUT2D eigenvalue weighted by Gasteiger charge is -2.04. The molecular weight excluding hydrogens is 220 g/mol. The Labute approximate surface area is 99.1 Å². The fourth-order valence-electron chi connectivity index (χ4n) is 1.53. The summed E-state index contributed by atoms with van der Waals surface area (Å²) < 4.78 is 10.5. The van der Waals surface area contributed by atoms with Crippen molar-refractivity contribution in [3.63, 3.8) is 0 Å². The predicted octanol–water partition coefficient (Wildman–Crippen LogP) is 2.11. The van der Waals surface area contributed by atoms with Crippen molar-refractivity contribution in [3.05, 3.63) is 29.7 Å². The van der Waals surface area contributed by atoms with Gasteiger partial charge in [-0.15, -0.1) is 10.2 Å². The Kier molecular flexibility index (Phi) is 3.10. The van der Waals surface area contributed by atoms with Gasteiger partial charge in [-0.25, -0.2) is 0 Å². The zero-order chi connectivity index (χ0) is 12.4. The monoisotopic (exact) mass is 234 g/mol. The topological polar surface area (TPSA) is 68.4 Å². The van der Waals surface area contributed by atoms with Crippen molar-refractivity contribution in [1.82, 2.24) is 10.2 Å². The van der Waals surface area contributed by atoms with Gasteiger partial charge in [-0.05, 0) is 37.6 Å². The Morgan fingerprint density at radius 1 is 1.35 bits per heavy atom. The normalized spacial score (nSPS) is 12.5. The van der Waals surface area contributed by atoms with E-state index in [9.17, 15) is 5.11 Å².